The highest BCUT2D eigenvalue weighted by molar-refractivity contribution is 5.80. The van der Waals surface area contributed by atoms with Crippen molar-refractivity contribution in [3.63, 3.8) is 0 Å². The fourth-order valence-corrected chi connectivity index (χ4v) is 3.96. The number of nitrogens with one attached hydrogen (secondary N) is 2. The molecule has 0 saturated carbocycles. The number of methoxy groups -OCH3 is 1. The van der Waals surface area contributed by atoms with Gasteiger partial charge >= 0.3 is 0 Å². The fourth-order valence-electron chi connectivity index (χ4n) is 3.96. The second-order valence-electron chi connectivity index (χ2n) is 7.80. The second-order valence-corrected chi connectivity index (χ2v) is 7.80. The molecule has 1 heterocycles. The highest BCUT2D eigenvalue weighted by Crippen LogP contribution is 2.30. The zero-order chi connectivity index (χ0) is 20.5. The van der Waals surface area contributed by atoms with Crippen molar-refractivity contribution in [2.75, 3.05) is 13.7 Å². The molecule has 1 aliphatic rings. The summed E-state index contributed by atoms with van der Waals surface area (Å²) < 4.78 is 5.31. The first kappa shape index (κ1) is 20.9. The Hall–Kier alpha value is -2.82. The van der Waals surface area contributed by atoms with E-state index in [-0.39, 0.29) is 17.4 Å². The molecular weight excluding hydrogens is 364 g/mol. The van der Waals surface area contributed by atoms with Gasteiger partial charge in [-0.1, -0.05) is 42.5 Å². The van der Waals surface area contributed by atoms with Crippen LogP contribution in [0.15, 0.2) is 54.6 Å². The van der Waals surface area contributed by atoms with E-state index in [4.69, 9.17) is 4.74 Å². The number of amides is 2. The smallest absolute Gasteiger partial charge is 0.220 e. The van der Waals surface area contributed by atoms with E-state index in [0.29, 0.717) is 32.2 Å². The topological polar surface area (TPSA) is 67.4 Å². The van der Waals surface area contributed by atoms with Gasteiger partial charge in [0.2, 0.25) is 11.8 Å². The summed E-state index contributed by atoms with van der Waals surface area (Å²) in [5.74, 6) is 0.915. The van der Waals surface area contributed by atoms with Crippen molar-refractivity contribution in [1.82, 2.24) is 10.6 Å². The molecule has 1 atom stereocenters. The van der Waals surface area contributed by atoms with Crippen molar-refractivity contribution in [2.24, 2.45) is 0 Å². The Balaban J connectivity index is 1.48. The molecule has 1 aliphatic heterocycles. The van der Waals surface area contributed by atoms with Crippen LogP contribution in [-0.2, 0) is 22.4 Å². The summed E-state index contributed by atoms with van der Waals surface area (Å²) in [4.78, 5) is 24.3. The van der Waals surface area contributed by atoms with Crippen LogP contribution in [0.5, 0.6) is 5.75 Å². The van der Waals surface area contributed by atoms with Crippen LogP contribution in [0.1, 0.15) is 43.2 Å². The Kier molecular flexibility index (Phi) is 7.28. The minimum Gasteiger partial charge on any atom is -0.497 e. The molecule has 0 aliphatic carbocycles. The molecule has 0 spiro atoms. The maximum Gasteiger partial charge on any atom is 0.220 e. The Morgan fingerprint density at radius 3 is 2.66 bits per heavy atom. The molecule has 2 amide bonds. The SMILES string of the molecule is COc1cccc(C[C@@]2(CCC(=O)NCCCc3ccccc3)CCC(=O)N2)c1. The third-order valence-corrected chi connectivity index (χ3v) is 5.55. The summed E-state index contributed by atoms with van der Waals surface area (Å²) in [5.41, 5.74) is 2.03. The van der Waals surface area contributed by atoms with Crippen molar-refractivity contribution >= 4 is 11.8 Å². The molecule has 2 N–H and O–H groups in total. The molecule has 5 heteroatoms. The average Bonchev–Trinajstić information content (AvgIpc) is 3.11. The number of carbonyl (C=O) groups is 2. The van der Waals surface area contributed by atoms with Crippen molar-refractivity contribution < 1.29 is 14.3 Å². The minimum absolute atomic E-state index is 0.0456. The standard InChI is InChI=1S/C24H30N2O3/c1-29-21-11-5-9-20(17-21)18-24(15-13-23(28)26-24)14-12-22(27)25-16-6-10-19-7-3-2-4-8-19/h2-5,7-9,11,17H,6,10,12-16,18H2,1H3,(H,25,27)(H,26,28)/t24-/m1/s1. The Morgan fingerprint density at radius 2 is 1.93 bits per heavy atom. The third-order valence-electron chi connectivity index (χ3n) is 5.55. The number of aryl methyl sites for hydroxylation is 1. The van der Waals surface area contributed by atoms with Gasteiger partial charge in [-0.2, -0.15) is 0 Å². The molecule has 2 aromatic carbocycles. The predicted molar refractivity (Wildman–Crippen MR) is 114 cm³/mol. The average molecular weight is 395 g/mol. The van der Waals surface area contributed by atoms with Crippen molar-refractivity contribution in [2.45, 2.75) is 50.5 Å². The molecule has 0 radical (unpaired) electrons. The van der Waals surface area contributed by atoms with Crippen LogP contribution in [0, 0.1) is 0 Å². The third kappa shape index (κ3) is 6.34. The van der Waals surface area contributed by atoms with Gasteiger partial charge in [0.15, 0.2) is 0 Å². The first-order valence-electron chi connectivity index (χ1n) is 10.3. The lowest BCUT2D eigenvalue weighted by Gasteiger charge is -2.29. The summed E-state index contributed by atoms with van der Waals surface area (Å²) in [6, 6.07) is 18.2. The summed E-state index contributed by atoms with van der Waals surface area (Å²) in [5, 5.41) is 6.15. The van der Waals surface area contributed by atoms with E-state index in [2.05, 4.69) is 22.8 Å². The number of ether oxygens (including phenoxy) is 1. The van der Waals surface area contributed by atoms with Gasteiger partial charge in [0.05, 0.1) is 7.11 Å². The molecule has 29 heavy (non-hydrogen) atoms. The van der Waals surface area contributed by atoms with Crippen LogP contribution < -0.4 is 15.4 Å². The summed E-state index contributed by atoms with van der Waals surface area (Å²) >= 11 is 0. The first-order valence-corrected chi connectivity index (χ1v) is 10.3. The summed E-state index contributed by atoms with van der Waals surface area (Å²) in [6.45, 7) is 0.670. The van der Waals surface area contributed by atoms with Gasteiger partial charge in [0.1, 0.15) is 5.75 Å². The summed E-state index contributed by atoms with van der Waals surface area (Å²) in [7, 11) is 1.65. The second kappa shape index (κ2) is 10.1. The molecule has 5 nitrogen and oxygen atoms in total. The van der Waals surface area contributed by atoms with Gasteiger partial charge in [0, 0.05) is 24.9 Å². The molecule has 154 valence electrons. The summed E-state index contributed by atoms with van der Waals surface area (Å²) in [6.07, 6.45) is 4.90. The zero-order valence-corrected chi connectivity index (χ0v) is 17.1. The number of rotatable bonds is 10. The molecule has 0 bridgehead atoms. The number of carbonyl (C=O) groups excluding carboxylic acids is 2. The number of hydrogen-bond donors (Lipinski definition) is 2. The Bertz CT molecular complexity index is 822. The lowest BCUT2D eigenvalue weighted by atomic mass is 9.85. The molecular formula is C24H30N2O3. The van der Waals surface area contributed by atoms with Crippen LogP contribution in [0.2, 0.25) is 0 Å². The van der Waals surface area contributed by atoms with Gasteiger partial charge < -0.3 is 15.4 Å². The number of benzene rings is 2. The van der Waals surface area contributed by atoms with Gasteiger partial charge in [0.25, 0.3) is 0 Å². The normalized spacial score (nSPS) is 18.3. The van der Waals surface area contributed by atoms with Crippen LogP contribution >= 0.6 is 0 Å². The van der Waals surface area contributed by atoms with Crippen LogP contribution in [0.4, 0.5) is 0 Å². The highest BCUT2D eigenvalue weighted by Gasteiger charge is 2.37. The Morgan fingerprint density at radius 1 is 1.14 bits per heavy atom. The van der Waals surface area contributed by atoms with Gasteiger partial charge in [-0.3, -0.25) is 9.59 Å². The fraction of sp³-hybridized carbons (Fsp3) is 0.417. The molecule has 0 aromatic heterocycles. The highest BCUT2D eigenvalue weighted by atomic mass is 16.5. The van der Waals surface area contributed by atoms with Crippen molar-refractivity contribution in [3.8, 4) is 5.75 Å². The monoisotopic (exact) mass is 394 g/mol. The van der Waals surface area contributed by atoms with Gasteiger partial charge in [-0.25, -0.2) is 0 Å². The van der Waals surface area contributed by atoms with E-state index >= 15 is 0 Å². The molecule has 2 aromatic rings. The van der Waals surface area contributed by atoms with Crippen LogP contribution in [-0.4, -0.2) is 31.0 Å². The van der Waals surface area contributed by atoms with E-state index < -0.39 is 0 Å². The van der Waals surface area contributed by atoms with Gasteiger partial charge in [-0.15, -0.1) is 0 Å². The zero-order valence-electron chi connectivity index (χ0n) is 17.1. The lowest BCUT2D eigenvalue weighted by Crippen LogP contribution is -2.44. The first-order chi connectivity index (χ1) is 14.1. The van der Waals surface area contributed by atoms with Crippen molar-refractivity contribution in [1.29, 1.82) is 0 Å². The van der Waals surface area contributed by atoms with E-state index in [0.717, 1.165) is 30.6 Å². The van der Waals surface area contributed by atoms with Crippen LogP contribution in [0.25, 0.3) is 0 Å². The molecule has 1 saturated heterocycles. The maximum absolute atomic E-state index is 12.3. The molecule has 0 unspecified atom stereocenters. The maximum atomic E-state index is 12.3. The van der Waals surface area contributed by atoms with E-state index in [9.17, 15) is 9.59 Å². The van der Waals surface area contributed by atoms with E-state index in [1.165, 1.54) is 5.56 Å². The lowest BCUT2D eigenvalue weighted by molar-refractivity contribution is -0.122. The van der Waals surface area contributed by atoms with E-state index in [1.807, 2.05) is 42.5 Å². The van der Waals surface area contributed by atoms with Crippen molar-refractivity contribution in [3.05, 3.63) is 65.7 Å². The van der Waals surface area contributed by atoms with E-state index in [1.54, 1.807) is 7.11 Å². The number of hydrogen-bond acceptors (Lipinski definition) is 3. The largest absolute Gasteiger partial charge is 0.497 e. The molecule has 1 fully saturated rings. The van der Waals surface area contributed by atoms with Crippen LogP contribution in [0.3, 0.4) is 0 Å². The molecule has 3 rings (SSSR count). The predicted octanol–water partition coefficient (Wildman–Crippen LogP) is 3.42. The quantitative estimate of drug-likeness (QED) is 0.607. The minimum atomic E-state index is -0.356. The Labute approximate surface area is 172 Å². The van der Waals surface area contributed by atoms with Gasteiger partial charge in [-0.05, 0) is 55.4 Å².